The first kappa shape index (κ1) is 32.1. The van der Waals surface area contributed by atoms with E-state index in [1.54, 1.807) is 5.48 Å². The number of hydrogen-bond donors (Lipinski definition) is 4. The van der Waals surface area contributed by atoms with Crippen molar-refractivity contribution in [3.63, 3.8) is 0 Å². The summed E-state index contributed by atoms with van der Waals surface area (Å²) in [7, 11) is 0. The molecule has 1 aliphatic rings. The summed E-state index contributed by atoms with van der Waals surface area (Å²) < 4.78 is 15.4. The molecule has 0 saturated carbocycles. The van der Waals surface area contributed by atoms with Crippen LogP contribution in [0, 0.1) is 0 Å². The first-order valence-corrected chi connectivity index (χ1v) is 15.8. The molecule has 1 fully saturated rings. The molecule has 10 heteroatoms. The summed E-state index contributed by atoms with van der Waals surface area (Å²) in [4.78, 5) is 28.0. The predicted molar refractivity (Wildman–Crippen MR) is 176 cm³/mol. The highest BCUT2D eigenvalue weighted by Crippen LogP contribution is 2.39. The quantitative estimate of drug-likeness (QED) is 0.102. The van der Waals surface area contributed by atoms with Crippen molar-refractivity contribution in [2.45, 2.75) is 63.9 Å². The topological polar surface area (TPSA) is 135 Å². The molecule has 3 atom stereocenters. The van der Waals surface area contributed by atoms with E-state index in [1.807, 2.05) is 91.3 Å². The average Bonchev–Trinajstić information content (AvgIpc) is 3.53. The SMILES string of the molecule is O=C(CCCC(=O)NCc1cccc(-c2cccc(C3OC(Cn4cnc5ccccc54)CC(c4ccc(CO)cc4)O3)c2)c1)NO. The highest BCUT2D eigenvalue weighted by Gasteiger charge is 2.33. The average molecular weight is 635 g/mol. The Labute approximate surface area is 272 Å². The lowest BCUT2D eigenvalue weighted by molar-refractivity contribution is -0.252. The molecular formula is C37H38N4O6. The van der Waals surface area contributed by atoms with Crippen LogP contribution in [0.3, 0.4) is 0 Å². The van der Waals surface area contributed by atoms with Crippen molar-refractivity contribution in [1.82, 2.24) is 20.3 Å². The fraction of sp³-hybridized carbons (Fsp3) is 0.270. The van der Waals surface area contributed by atoms with Gasteiger partial charge in [0.2, 0.25) is 11.8 Å². The van der Waals surface area contributed by atoms with E-state index in [0.29, 0.717) is 25.9 Å². The number of amides is 2. The summed E-state index contributed by atoms with van der Waals surface area (Å²) in [6.45, 7) is 0.961. The first-order valence-electron chi connectivity index (χ1n) is 15.8. The van der Waals surface area contributed by atoms with Gasteiger partial charge in [-0.1, -0.05) is 72.8 Å². The van der Waals surface area contributed by atoms with Crippen LogP contribution in [0.4, 0.5) is 0 Å². The zero-order chi connectivity index (χ0) is 32.6. The van der Waals surface area contributed by atoms with Crippen molar-refractivity contribution in [2.75, 3.05) is 0 Å². The molecular weight excluding hydrogens is 596 g/mol. The Hall–Kier alpha value is -4.87. The minimum Gasteiger partial charge on any atom is -0.392 e. The van der Waals surface area contributed by atoms with Crippen LogP contribution >= 0.6 is 0 Å². The predicted octanol–water partition coefficient (Wildman–Crippen LogP) is 5.73. The van der Waals surface area contributed by atoms with Gasteiger partial charge < -0.3 is 24.5 Å². The Morgan fingerprint density at radius 1 is 0.830 bits per heavy atom. The van der Waals surface area contributed by atoms with Gasteiger partial charge in [-0.15, -0.1) is 0 Å². The van der Waals surface area contributed by atoms with Crippen molar-refractivity contribution in [3.8, 4) is 11.1 Å². The molecule has 6 rings (SSSR count). The molecule has 4 aromatic carbocycles. The Balaban J connectivity index is 1.19. The molecule has 1 saturated heterocycles. The van der Waals surface area contributed by atoms with E-state index in [2.05, 4.69) is 27.0 Å². The van der Waals surface area contributed by atoms with E-state index < -0.39 is 12.2 Å². The molecule has 10 nitrogen and oxygen atoms in total. The van der Waals surface area contributed by atoms with Crippen molar-refractivity contribution in [3.05, 3.63) is 126 Å². The van der Waals surface area contributed by atoms with Crippen LogP contribution in [-0.4, -0.2) is 37.8 Å². The lowest BCUT2D eigenvalue weighted by Gasteiger charge is -2.36. The van der Waals surface area contributed by atoms with Gasteiger partial charge in [-0.3, -0.25) is 14.8 Å². The standard InChI is InChI=1S/C37H38N4O6/c42-23-25-14-16-27(17-15-25)34-20-31(22-41-24-39-32-10-1-2-11-33(32)41)46-37(47-34)30-9-4-8-29(19-30)28-7-3-6-26(18-28)21-38-35(43)12-5-13-36(44)40-45/h1-4,6-11,14-19,24,31,34,37,42,45H,5,12-13,20-23H2,(H,38,43)(H,40,44). The van der Waals surface area contributed by atoms with E-state index >= 15 is 0 Å². The fourth-order valence-corrected chi connectivity index (χ4v) is 5.89. The summed E-state index contributed by atoms with van der Waals surface area (Å²) in [5, 5.41) is 21.1. The lowest BCUT2D eigenvalue weighted by atomic mass is 9.98. The second-order valence-electron chi connectivity index (χ2n) is 11.7. The Bertz CT molecular complexity index is 1820. The molecule has 3 unspecified atom stereocenters. The van der Waals surface area contributed by atoms with Crippen molar-refractivity contribution >= 4 is 22.8 Å². The van der Waals surface area contributed by atoms with Crippen LogP contribution in [-0.2, 0) is 38.8 Å². The highest BCUT2D eigenvalue weighted by atomic mass is 16.7. The Morgan fingerprint density at radius 3 is 2.40 bits per heavy atom. The number of carbonyl (C=O) groups is 2. The smallest absolute Gasteiger partial charge is 0.243 e. The zero-order valence-electron chi connectivity index (χ0n) is 25.9. The zero-order valence-corrected chi connectivity index (χ0v) is 25.9. The summed E-state index contributed by atoms with van der Waals surface area (Å²) in [6, 6.07) is 32.0. The number of aliphatic hydroxyl groups excluding tert-OH is 1. The number of imidazole rings is 1. The van der Waals surface area contributed by atoms with Gasteiger partial charge in [0.15, 0.2) is 6.29 Å². The van der Waals surface area contributed by atoms with E-state index in [0.717, 1.165) is 44.4 Å². The third-order valence-electron chi connectivity index (χ3n) is 8.38. The van der Waals surface area contributed by atoms with Crippen LogP contribution in [0.25, 0.3) is 22.2 Å². The molecule has 5 aromatic rings. The normalized spacial score (nSPS) is 17.8. The Kier molecular flexibility index (Phi) is 10.3. The molecule has 2 amide bonds. The number of nitrogens with one attached hydrogen (secondary N) is 2. The number of ether oxygens (including phenoxy) is 2. The maximum Gasteiger partial charge on any atom is 0.243 e. The molecule has 0 bridgehead atoms. The number of rotatable bonds is 12. The van der Waals surface area contributed by atoms with Crippen LogP contribution in [0.5, 0.6) is 0 Å². The van der Waals surface area contributed by atoms with E-state index in [4.69, 9.17) is 14.7 Å². The third-order valence-corrected chi connectivity index (χ3v) is 8.38. The van der Waals surface area contributed by atoms with Crippen molar-refractivity contribution in [2.24, 2.45) is 0 Å². The van der Waals surface area contributed by atoms with Gasteiger partial charge in [0.25, 0.3) is 0 Å². The maximum absolute atomic E-state index is 12.3. The summed E-state index contributed by atoms with van der Waals surface area (Å²) in [5.41, 5.74) is 9.26. The fourth-order valence-electron chi connectivity index (χ4n) is 5.89. The van der Waals surface area contributed by atoms with Gasteiger partial charge in [-0.05, 0) is 58.5 Å². The molecule has 0 aliphatic carbocycles. The van der Waals surface area contributed by atoms with Gasteiger partial charge in [0.1, 0.15) is 0 Å². The van der Waals surface area contributed by atoms with Crippen molar-refractivity contribution < 1.29 is 29.4 Å². The number of benzene rings is 4. The lowest BCUT2D eigenvalue weighted by Crippen LogP contribution is -2.32. The Morgan fingerprint density at radius 2 is 1.60 bits per heavy atom. The molecule has 1 aromatic heterocycles. The number of hydrogen-bond acceptors (Lipinski definition) is 7. The van der Waals surface area contributed by atoms with Crippen LogP contribution in [0.15, 0.2) is 103 Å². The molecule has 2 heterocycles. The molecule has 0 spiro atoms. The minimum atomic E-state index is -0.610. The summed E-state index contributed by atoms with van der Waals surface area (Å²) in [5.74, 6) is -0.667. The monoisotopic (exact) mass is 634 g/mol. The van der Waals surface area contributed by atoms with E-state index in [1.165, 1.54) is 0 Å². The summed E-state index contributed by atoms with van der Waals surface area (Å²) >= 11 is 0. The maximum atomic E-state index is 12.3. The number of para-hydroxylation sites is 2. The van der Waals surface area contributed by atoms with Crippen LogP contribution in [0.2, 0.25) is 0 Å². The first-order chi connectivity index (χ1) is 23.0. The van der Waals surface area contributed by atoms with Crippen LogP contribution in [0.1, 0.15) is 60.3 Å². The van der Waals surface area contributed by atoms with Gasteiger partial charge in [0.05, 0.1) is 42.7 Å². The second-order valence-corrected chi connectivity index (χ2v) is 11.7. The number of hydroxylamine groups is 1. The highest BCUT2D eigenvalue weighted by molar-refractivity contribution is 5.78. The molecule has 0 radical (unpaired) electrons. The largest absolute Gasteiger partial charge is 0.392 e. The van der Waals surface area contributed by atoms with E-state index in [-0.39, 0.29) is 37.6 Å². The van der Waals surface area contributed by atoms with Gasteiger partial charge in [0, 0.05) is 31.4 Å². The molecule has 47 heavy (non-hydrogen) atoms. The second kappa shape index (κ2) is 15.1. The van der Waals surface area contributed by atoms with Crippen molar-refractivity contribution in [1.29, 1.82) is 0 Å². The van der Waals surface area contributed by atoms with Gasteiger partial charge in [-0.2, -0.15) is 0 Å². The van der Waals surface area contributed by atoms with Gasteiger partial charge >= 0.3 is 0 Å². The molecule has 4 N–H and O–H groups in total. The van der Waals surface area contributed by atoms with Gasteiger partial charge in [-0.25, -0.2) is 10.5 Å². The third kappa shape index (κ3) is 8.11. The molecule has 242 valence electrons. The minimum absolute atomic E-state index is 0.0141. The number of carbonyl (C=O) groups excluding carboxylic acids is 2. The van der Waals surface area contributed by atoms with E-state index in [9.17, 15) is 14.7 Å². The number of aliphatic hydroxyl groups is 1. The molecule has 1 aliphatic heterocycles. The number of fused-ring (bicyclic) bond motifs is 1. The number of nitrogens with zero attached hydrogens (tertiary/aromatic N) is 2. The number of aromatic nitrogens is 2. The summed E-state index contributed by atoms with van der Waals surface area (Å²) in [6.07, 6.45) is 2.17. The van der Waals surface area contributed by atoms with Crippen LogP contribution < -0.4 is 10.8 Å².